The summed E-state index contributed by atoms with van der Waals surface area (Å²) < 4.78 is 31.1. The van der Waals surface area contributed by atoms with Gasteiger partial charge in [-0.3, -0.25) is 0 Å². The molecule has 0 spiro atoms. The van der Waals surface area contributed by atoms with E-state index in [9.17, 15) is 13.2 Å². The van der Waals surface area contributed by atoms with E-state index in [1.165, 1.54) is 4.31 Å². The molecule has 0 aromatic heterocycles. The molecular formula is C16H29N3O4S. The fraction of sp³-hybridized carbons (Fsp3) is 0.812. The first-order chi connectivity index (χ1) is 11.1. The first-order valence-electron chi connectivity index (χ1n) is 8.46. The van der Waals surface area contributed by atoms with E-state index in [4.69, 9.17) is 4.74 Å². The minimum absolute atomic E-state index is 0.0130. The monoisotopic (exact) mass is 359 g/mol. The van der Waals surface area contributed by atoms with Crippen molar-refractivity contribution >= 4 is 16.1 Å². The predicted molar refractivity (Wildman–Crippen MR) is 93.3 cm³/mol. The lowest BCUT2D eigenvalue weighted by molar-refractivity contribution is 0.134. The lowest BCUT2D eigenvalue weighted by Gasteiger charge is -2.35. The van der Waals surface area contributed by atoms with Gasteiger partial charge in [0.15, 0.2) is 0 Å². The van der Waals surface area contributed by atoms with Crippen LogP contribution in [-0.4, -0.2) is 61.4 Å². The number of urea groups is 1. The van der Waals surface area contributed by atoms with Gasteiger partial charge in [-0.05, 0) is 40.0 Å². The summed E-state index contributed by atoms with van der Waals surface area (Å²) in [6.45, 7) is 10.3. The highest BCUT2D eigenvalue weighted by Gasteiger charge is 2.37. The smallest absolute Gasteiger partial charge is 0.315 e. The average Bonchev–Trinajstić information content (AvgIpc) is 2.93. The van der Waals surface area contributed by atoms with Crippen LogP contribution in [0.4, 0.5) is 4.79 Å². The summed E-state index contributed by atoms with van der Waals surface area (Å²) in [5.41, 5.74) is 0. The van der Waals surface area contributed by atoms with Gasteiger partial charge in [-0.25, -0.2) is 17.5 Å². The van der Waals surface area contributed by atoms with Crippen molar-refractivity contribution in [2.45, 2.75) is 63.0 Å². The van der Waals surface area contributed by atoms with Gasteiger partial charge in [-0.15, -0.1) is 6.58 Å². The maximum absolute atomic E-state index is 12.4. The zero-order chi connectivity index (χ0) is 18.0. The average molecular weight is 359 g/mol. The standard InChI is InChI=1S/C16H29N3O4S/c1-5-14-13(8-11-23-14)18-15(20)17-12-6-9-19(10-7-12)24(21,22)16(2,3)4/h5,12-14H,1,6-11H2,2-4H3,(H2,17,18,20)/t13-,14+/m1/s1. The Morgan fingerprint density at radius 2 is 1.83 bits per heavy atom. The quantitative estimate of drug-likeness (QED) is 0.739. The van der Waals surface area contributed by atoms with Crippen LogP contribution in [0.3, 0.4) is 0 Å². The van der Waals surface area contributed by atoms with E-state index in [1.54, 1.807) is 26.8 Å². The number of carbonyl (C=O) groups excluding carboxylic acids is 1. The van der Waals surface area contributed by atoms with Gasteiger partial charge in [0.2, 0.25) is 10.0 Å². The number of piperidine rings is 1. The molecule has 2 aliphatic rings. The molecule has 8 heteroatoms. The molecule has 0 bridgehead atoms. The SMILES string of the molecule is C=C[C@@H]1OCC[C@H]1NC(=O)NC1CCN(S(=O)(=O)C(C)(C)C)CC1. The number of nitrogens with zero attached hydrogens (tertiary/aromatic N) is 1. The maximum atomic E-state index is 12.4. The van der Waals surface area contributed by atoms with Crippen LogP contribution in [0.5, 0.6) is 0 Å². The molecule has 2 rings (SSSR count). The van der Waals surface area contributed by atoms with E-state index in [2.05, 4.69) is 17.2 Å². The predicted octanol–water partition coefficient (Wildman–Crippen LogP) is 1.22. The topological polar surface area (TPSA) is 87.7 Å². The summed E-state index contributed by atoms with van der Waals surface area (Å²) in [5, 5.41) is 5.85. The molecule has 2 saturated heterocycles. The third-order valence-electron chi connectivity index (χ3n) is 4.59. The van der Waals surface area contributed by atoms with E-state index in [1.807, 2.05) is 0 Å². The molecule has 0 radical (unpaired) electrons. The molecule has 0 aliphatic carbocycles. The summed E-state index contributed by atoms with van der Waals surface area (Å²) >= 11 is 0. The Morgan fingerprint density at radius 3 is 2.38 bits per heavy atom. The summed E-state index contributed by atoms with van der Waals surface area (Å²) in [4.78, 5) is 12.1. The summed E-state index contributed by atoms with van der Waals surface area (Å²) in [6, 6.07) is -0.292. The summed E-state index contributed by atoms with van der Waals surface area (Å²) in [5.74, 6) is 0. The molecule has 2 heterocycles. The second-order valence-electron chi connectivity index (χ2n) is 7.37. The van der Waals surface area contributed by atoms with Gasteiger partial charge in [-0.1, -0.05) is 6.08 Å². The second-order valence-corrected chi connectivity index (χ2v) is 10.1. The first-order valence-corrected chi connectivity index (χ1v) is 9.90. The first kappa shape index (κ1) is 19.2. The number of hydrogen-bond donors (Lipinski definition) is 2. The third-order valence-corrected chi connectivity index (χ3v) is 7.18. The molecule has 0 saturated carbocycles. The van der Waals surface area contributed by atoms with Crippen molar-refractivity contribution < 1.29 is 17.9 Å². The molecule has 0 aromatic carbocycles. The Kier molecular flexibility index (Phi) is 5.93. The van der Waals surface area contributed by atoms with Crippen molar-refractivity contribution in [1.82, 2.24) is 14.9 Å². The van der Waals surface area contributed by atoms with Crippen LogP contribution in [0.25, 0.3) is 0 Å². The fourth-order valence-corrected chi connectivity index (χ4v) is 4.49. The van der Waals surface area contributed by atoms with Crippen molar-refractivity contribution in [3.05, 3.63) is 12.7 Å². The molecule has 7 nitrogen and oxygen atoms in total. The molecule has 2 atom stereocenters. The molecule has 2 amide bonds. The zero-order valence-electron chi connectivity index (χ0n) is 14.7. The number of sulfonamides is 1. The van der Waals surface area contributed by atoms with Gasteiger partial charge in [0.25, 0.3) is 0 Å². The number of hydrogen-bond acceptors (Lipinski definition) is 4. The maximum Gasteiger partial charge on any atom is 0.315 e. The number of ether oxygens (including phenoxy) is 1. The Morgan fingerprint density at radius 1 is 1.21 bits per heavy atom. The van der Waals surface area contributed by atoms with Gasteiger partial charge < -0.3 is 15.4 Å². The van der Waals surface area contributed by atoms with Gasteiger partial charge >= 0.3 is 6.03 Å². The van der Waals surface area contributed by atoms with Crippen molar-refractivity contribution in [2.75, 3.05) is 19.7 Å². The highest BCUT2D eigenvalue weighted by atomic mass is 32.2. The molecule has 2 fully saturated rings. The van der Waals surface area contributed by atoms with Crippen LogP contribution in [0.15, 0.2) is 12.7 Å². The molecule has 2 aliphatic heterocycles. The van der Waals surface area contributed by atoms with Crippen LogP contribution in [0.2, 0.25) is 0 Å². The number of rotatable bonds is 4. The third kappa shape index (κ3) is 4.29. The van der Waals surface area contributed by atoms with Crippen LogP contribution >= 0.6 is 0 Å². The molecule has 24 heavy (non-hydrogen) atoms. The van der Waals surface area contributed by atoms with Crippen LogP contribution < -0.4 is 10.6 Å². The summed E-state index contributed by atoms with van der Waals surface area (Å²) in [7, 11) is -3.30. The highest BCUT2D eigenvalue weighted by molar-refractivity contribution is 7.90. The molecule has 0 aromatic rings. The van der Waals surface area contributed by atoms with Crippen molar-refractivity contribution in [3.8, 4) is 0 Å². The lowest BCUT2D eigenvalue weighted by Crippen LogP contribution is -2.53. The van der Waals surface area contributed by atoms with Crippen LogP contribution in [0.1, 0.15) is 40.0 Å². The molecule has 138 valence electrons. The lowest BCUT2D eigenvalue weighted by atomic mass is 10.1. The Balaban J connectivity index is 1.81. The number of carbonyl (C=O) groups is 1. The summed E-state index contributed by atoms with van der Waals surface area (Å²) in [6.07, 6.45) is 3.57. The fourth-order valence-electron chi connectivity index (χ4n) is 3.02. The second kappa shape index (κ2) is 7.41. The molecular weight excluding hydrogens is 330 g/mol. The van der Waals surface area contributed by atoms with Crippen molar-refractivity contribution in [2.24, 2.45) is 0 Å². The van der Waals surface area contributed by atoms with Crippen LogP contribution in [0, 0.1) is 0 Å². The number of nitrogens with one attached hydrogen (secondary N) is 2. The van der Waals surface area contributed by atoms with Gasteiger partial charge in [0.1, 0.15) is 0 Å². The van der Waals surface area contributed by atoms with Gasteiger partial charge in [0.05, 0.1) is 16.9 Å². The van der Waals surface area contributed by atoms with Crippen molar-refractivity contribution in [3.63, 3.8) is 0 Å². The Labute approximate surface area is 144 Å². The zero-order valence-corrected chi connectivity index (χ0v) is 15.6. The molecule has 2 N–H and O–H groups in total. The van der Waals surface area contributed by atoms with E-state index >= 15 is 0 Å². The molecule has 0 unspecified atom stereocenters. The highest BCUT2D eigenvalue weighted by Crippen LogP contribution is 2.24. The van der Waals surface area contributed by atoms with E-state index in [-0.39, 0.29) is 24.2 Å². The van der Waals surface area contributed by atoms with Crippen molar-refractivity contribution in [1.29, 1.82) is 0 Å². The minimum atomic E-state index is -3.30. The normalized spacial score (nSPS) is 27.0. The number of amides is 2. The van der Waals surface area contributed by atoms with E-state index in [0.29, 0.717) is 32.5 Å². The van der Waals surface area contributed by atoms with Gasteiger partial charge in [0, 0.05) is 25.7 Å². The van der Waals surface area contributed by atoms with E-state index in [0.717, 1.165) is 6.42 Å². The van der Waals surface area contributed by atoms with E-state index < -0.39 is 14.8 Å². The largest absolute Gasteiger partial charge is 0.372 e. The van der Waals surface area contributed by atoms with Gasteiger partial charge in [-0.2, -0.15) is 0 Å². The minimum Gasteiger partial charge on any atom is -0.372 e. The Bertz CT molecular complexity index is 562. The Hall–Kier alpha value is -1.12. The van der Waals surface area contributed by atoms with Crippen LogP contribution in [-0.2, 0) is 14.8 Å².